The van der Waals surface area contributed by atoms with Crippen molar-refractivity contribution >= 4 is 28.9 Å². The molecule has 2 aromatic rings. The highest BCUT2D eigenvalue weighted by Gasteiger charge is 2.05. The minimum Gasteiger partial charge on any atom is -0.339 e. The first-order valence-electron chi connectivity index (χ1n) is 5.41. The molecule has 1 aromatic carbocycles. The van der Waals surface area contributed by atoms with Crippen LogP contribution in [-0.2, 0) is 0 Å². The van der Waals surface area contributed by atoms with E-state index < -0.39 is 0 Å². The molecule has 6 nitrogen and oxygen atoms in total. The molecule has 0 atom stereocenters. The smallest absolute Gasteiger partial charge is 0.145 e. The Morgan fingerprint density at radius 3 is 2.68 bits per heavy atom. The maximum Gasteiger partial charge on any atom is 0.145 e. The summed E-state index contributed by atoms with van der Waals surface area (Å²) in [5.74, 6) is 6.91. The van der Waals surface area contributed by atoms with Crippen molar-refractivity contribution in [3.63, 3.8) is 0 Å². The summed E-state index contributed by atoms with van der Waals surface area (Å²) in [7, 11) is 0. The molecule has 96 valence electrons. The first-order chi connectivity index (χ1) is 9.12. The molecule has 2 rings (SSSR count). The number of nitrogens with one attached hydrogen (secondary N) is 2. The fourth-order valence-electron chi connectivity index (χ4n) is 1.53. The zero-order valence-electron chi connectivity index (χ0n) is 10.1. The Bertz CT molecular complexity index is 649. The molecular formula is C12H11ClN6. The Labute approximate surface area is 115 Å². The van der Waals surface area contributed by atoms with E-state index >= 15 is 0 Å². The lowest BCUT2D eigenvalue weighted by atomic mass is 10.2. The molecule has 1 aromatic heterocycles. The van der Waals surface area contributed by atoms with Crippen molar-refractivity contribution in [2.24, 2.45) is 5.84 Å². The molecule has 4 N–H and O–H groups in total. The zero-order valence-corrected chi connectivity index (χ0v) is 10.9. The third kappa shape index (κ3) is 3.10. The van der Waals surface area contributed by atoms with Crippen molar-refractivity contribution in [2.45, 2.75) is 6.92 Å². The van der Waals surface area contributed by atoms with Crippen LogP contribution in [0.15, 0.2) is 24.3 Å². The normalized spacial score (nSPS) is 9.79. The van der Waals surface area contributed by atoms with E-state index in [-0.39, 0.29) is 0 Å². The third-order valence-corrected chi connectivity index (χ3v) is 2.67. The summed E-state index contributed by atoms with van der Waals surface area (Å²) in [4.78, 5) is 8.29. The van der Waals surface area contributed by atoms with Crippen LogP contribution in [0.5, 0.6) is 0 Å². The molecule has 0 aliphatic rings. The van der Waals surface area contributed by atoms with Gasteiger partial charge < -0.3 is 10.7 Å². The Balaban J connectivity index is 2.36. The first-order valence-corrected chi connectivity index (χ1v) is 5.79. The van der Waals surface area contributed by atoms with Crippen molar-refractivity contribution < 1.29 is 0 Å². The maximum absolute atomic E-state index is 8.87. The van der Waals surface area contributed by atoms with Crippen molar-refractivity contribution in [2.75, 3.05) is 10.7 Å². The van der Waals surface area contributed by atoms with Gasteiger partial charge in [0.25, 0.3) is 0 Å². The number of hydrazine groups is 1. The Morgan fingerprint density at radius 1 is 1.26 bits per heavy atom. The molecule has 19 heavy (non-hydrogen) atoms. The highest BCUT2D eigenvalue weighted by Crippen LogP contribution is 2.26. The molecule has 0 unspecified atom stereocenters. The van der Waals surface area contributed by atoms with Crippen LogP contribution in [0, 0.1) is 18.3 Å². The highest BCUT2D eigenvalue weighted by atomic mass is 35.5. The predicted octanol–water partition coefficient (Wildman–Crippen LogP) is 2.34. The number of hydrogen-bond donors (Lipinski definition) is 3. The van der Waals surface area contributed by atoms with Gasteiger partial charge in [-0.1, -0.05) is 11.6 Å². The molecule has 0 saturated heterocycles. The molecule has 0 bridgehead atoms. The number of rotatable bonds is 3. The maximum atomic E-state index is 8.87. The van der Waals surface area contributed by atoms with Gasteiger partial charge >= 0.3 is 0 Å². The van der Waals surface area contributed by atoms with E-state index in [9.17, 15) is 0 Å². The lowest BCUT2D eigenvalue weighted by molar-refractivity contribution is 1.05. The first kappa shape index (κ1) is 13.1. The van der Waals surface area contributed by atoms with Crippen molar-refractivity contribution in [3.05, 3.63) is 40.7 Å². The van der Waals surface area contributed by atoms with Crippen LogP contribution in [0.3, 0.4) is 0 Å². The van der Waals surface area contributed by atoms with Gasteiger partial charge in [0.15, 0.2) is 0 Å². The quantitative estimate of drug-likeness (QED) is 0.587. The SMILES string of the molecule is Cc1nc(NN)cc(Nc2cc(C#N)ccc2Cl)n1. The number of nitrogens with two attached hydrogens (primary N) is 1. The number of nitrogens with zero attached hydrogens (tertiary/aromatic N) is 3. The number of aromatic nitrogens is 2. The average molecular weight is 275 g/mol. The number of benzene rings is 1. The molecule has 0 radical (unpaired) electrons. The standard InChI is InChI=1S/C12H11ClN6/c1-7-16-11(5-12(17-7)19-15)18-10-4-8(6-14)2-3-9(10)13/h2-5H,15H2,1H3,(H2,16,17,18,19). The van der Waals surface area contributed by atoms with Crippen LogP contribution < -0.4 is 16.6 Å². The van der Waals surface area contributed by atoms with E-state index in [1.165, 1.54) is 0 Å². The number of aryl methyl sites for hydroxylation is 1. The van der Waals surface area contributed by atoms with Crippen molar-refractivity contribution in [1.29, 1.82) is 5.26 Å². The number of hydrogen-bond acceptors (Lipinski definition) is 6. The summed E-state index contributed by atoms with van der Waals surface area (Å²) in [5, 5.41) is 12.4. The Morgan fingerprint density at radius 2 is 2.00 bits per heavy atom. The van der Waals surface area contributed by atoms with E-state index in [4.69, 9.17) is 22.7 Å². The fourth-order valence-corrected chi connectivity index (χ4v) is 1.70. The molecule has 0 amide bonds. The largest absolute Gasteiger partial charge is 0.339 e. The van der Waals surface area contributed by atoms with Gasteiger partial charge in [-0.15, -0.1) is 0 Å². The molecular weight excluding hydrogens is 264 g/mol. The van der Waals surface area contributed by atoms with E-state index in [2.05, 4.69) is 26.8 Å². The van der Waals surface area contributed by atoms with Crippen molar-refractivity contribution in [3.8, 4) is 6.07 Å². The Kier molecular flexibility index (Phi) is 3.80. The van der Waals surface area contributed by atoms with E-state index in [0.29, 0.717) is 33.7 Å². The molecule has 0 saturated carbocycles. The van der Waals surface area contributed by atoms with Crippen molar-refractivity contribution in [1.82, 2.24) is 9.97 Å². The topological polar surface area (TPSA) is 99.6 Å². The van der Waals surface area contributed by atoms with Crippen LogP contribution in [0.1, 0.15) is 11.4 Å². The van der Waals surface area contributed by atoms with Crippen LogP contribution in [0.4, 0.5) is 17.3 Å². The third-order valence-electron chi connectivity index (χ3n) is 2.34. The minimum atomic E-state index is 0.488. The monoisotopic (exact) mass is 274 g/mol. The summed E-state index contributed by atoms with van der Waals surface area (Å²) in [6, 6.07) is 8.64. The molecule has 0 spiro atoms. The summed E-state index contributed by atoms with van der Waals surface area (Å²) in [6.45, 7) is 1.75. The molecule has 0 aliphatic heterocycles. The number of nitriles is 1. The highest BCUT2D eigenvalue weighted by molar-refractivity contribution is 6.33. The van der Waals surface area contributed by atoms with E-state index in [1.54, 1.807) is 31.2 Å². The molecule has 1 heterocycles. The number of anilines is 3. The van der Waals surface area contributed by atoms with Gasteiger partial charge in [0.2, 0.25) is 0 Å². The predicted molar refractivity (Wildman–Crippen MR) is 74.0 cm³/mol. The van der Waals surface area contributed by atoms with Gasteiger partial charge in [-0.25, -0.2) is 15.8 Å². The average Bonchev–Trinajstić information content (AvgIpc) is 2.40. The van der Waals surface area contributed by atoms with E-state index in [0.717, 1.165) is 0 Å². The van der Waals surface area contributed by atoms with Gasteiger partial charge in [0.05, 0.1) is 22.3 Å². The van der Waals surface area contributed by atoms with Crippen LogP contribution in [-0.4, -0.2) is 9.97 Å². The molecule has 7 heteroatoms. The summed E-state index contributed by atoms with van der Waals surface area (Å²) in [6.07, 6.45) is 0. The summed E-state index contributed by atoms with van der Waals surface area (Å²) >= 11 is 6.06. The lowest BCUT2D eigenvalue weighted by Crippen LogP contribution is -2.10. The number of halogens is 1. The van der Waals surface area contributed by atoms with Gasteiger partial charge in [-0.05, 0) is 25.1 Å². The van der Waals surface area contributed by atoms with Gasteiger partial charge in [-0.3, -0.25) is 0 Å². The summed E-state index contributed by atoms with van der Waals surface area (Å²) < 4.78 is 0. The Hall–Kier alpha value is -2.36. The summed E-state index contributed by atoms with van der Waals surface area (Å²) in [5.41, 5.74) is 3.56. The lowest BCUT2D eigenvalue weighted by Gasteiger charge is -2.09. The van der Waals surface area contributed by atoms with Crippen LogP contribution in [0.2, 0.25) is 5.02 Å². The second kappa shape index (κ2) is 5.52. The van der Waals surface area contributed by atoms with E-state index in [1.807, 2.05) is 0 Å². The minimum absolute atomic E-state index is 0.488. The number of nitrogen functional groups attached to an aromatic ring is 1. The fraction of sp³-hybridized carbons (Fsp3) is 0.0833. The van der Waals surface area contributed by atoms with Gasteiger partial charge in [0, 0.05) is 6.07 Å². The zero-order chi connectivity index (χ0) is 13.8. The second-order valence-electron chi connectivity index (χ2n) is 3.76. The molecule has 0 aliphatic carbocycles. The van der Waals surface area contributed by atoms with Crippen LogP contribution in [0.25, 0.3) is 0 Å². The van der Waals surface area contributed by atoms with Gasteiger partial charge in [0.1, 0.15) is 17.5 Å². The van der Waals surface area contributed by atoms with Crippen LogP contribution >= 0.6 is 11.6 Å². The molecule has 0 fully saturated rings. The second-order valence-corrected chi connectivity index (χ2v) is 4.17. The van der Waals surface area contributed by atoms with Gasteiger partial charge in [-0.2, -0.15) is 5.26 Å².